The van der Waals surface area contributed by atoms with Crippen LogP contribution in [-0.2, 0) is 0 Å². The number of hydrogen-bond acceptors (Lipinski definition) is 4. The summed E-state index contributed by atoms with van der Waals surface area (Å²) >= 11 is 12.0. The molecule has 0 unspecified atom stereocenters. The van der Waals surface area contributed by atoms with Crippen molar-refractivity contribution in [1.82, 2.24) is 9.97 Å². The van der Waals surface area contributed by atoms with Crippen LogP contribution in [0.25, 0.3) is 22.4 Å². The number of rotatable bonds is 3. The van der Waals surface area contributed by atoms with Gasteiger partial charge in [0, 0.05) is 5.56 Å². The summed E-state index contributed by atoms with van der Waals surface area (Å²) in [5.41, 5.74) is 2.15. The van der Waals surface area contributed by atoms with Crippen molar-refractivity contribution in [2.24, 2.45) is 0 Å². The molecule has 2 N–H and O–H groups in total. The summed E-state index contributed by atoms with van der Waals surface area (Å²) in [5, 5.41) is 10.8. The number of fused-ring (bicyclic) bond motifs is 1. The third kappa shape index (κ3) is 2.42. The molecule has 22 heavy (non-hydrogen) atoms. The van der Waals surface area contributed by atoms with Crippen LogP contribution in [-0.4, -0.2) is 29.3 Å². The summed E-state index contributed by atoms with van der Waals surface area (Å²) in [6.07, 6.45) is 0. The number of ether oxygens (including phenoxy) is 2. The fourth-order valence-electron chi connectivity index (χ4n) is 2.17. The Morgan fingerprint density at radius 3 is 2.18 bits per heavy atom. The van der Waals surface area contributed by atoms with Crippen molar-refractivity contribution >= 4 is 34.2 Å². The Kier molecular flexibility index (Phi) is 3.76. The molecule has 1 aromatic heterocycles. The van der Waals surface area contributed by atoms with Gasteiger partial charge in [0.1, 0.15) is 5.82 Å². The highest BCUT2D eigenvalue weighted by atomic mass is 35.5. The minimum atomic E-state index is -0.0593. The van der Waals surface area contributed by atoms with Gasteiger partial charge in [-0.25, -0.2) is 4.98 Å². The molecule has 3 rings (SSSR count). The zero-order valence-corrected chi connectivity index (χ0v) is 13.3. The van der Waals surface area contributed by atoms with Crippen molar-refractivity contribution in [3.63, 3.8) is 0 Å². The second-order valence-corrected chi connectivity index (χ2v) is 5.41. The predicted molar refractivity (Wildman–Crippen MR) is 86.3 cm³/mol. The Morgan fingerprint density at radius 2 is 1.59 bits per heavy atom. The summed E-state index contributed by atoms with van der Waals surface area (Å²) in [6.45, 7) is 0. The number of hydrogen-bond donors (Lipinski definition) is 2. The average molecular weight is 339 g/mol. The van der Waals surface area contributed by atoms with Crippen LogP contribution >= 0.6 is 23.2 Å². The summed E-state index contributed by atoms with van der Waals surface area (Å²) in [4.78, 5) is 7.63. The fraction of sp³-hybridized carbons (Fsp3) is 0.133. The lowest BCUT2D eigenvalue weighted by atomic mass is 10.1. The van der Waals surface area contributed by atoms with Gasteiger partial charge in [-0.15, -0.1) is 0 Å². The standard InChI is InChI=1S/C15H12Cl2N2O3/c1-21-12-3-7(4-13(22-2)14(12)20)15-18-10-5-8(16)9(17)6-11(10)19-15/h3-6,20H,1-2H3,(H,18,19). The molecule has 2 aromatic carbocycles. The lowest BCUT2D eigenvalue weighted by Gasteiger charge is -2.09. The van der Waals surface area contributed by atoms with E-state index in [1.54, 1.807) is 24.3 Å². The van der Waals surface area contributed by atoms with Crippen LogP contribution in [0, 0.1) is 0 Å². The zero-order valence-electron chi connectivity index (χ0n) is 11.8. The number of imidazole rings is 1. The number of nitrogens with one attached hydrogen (secondary N) is 1. The number of H-pyrrole nitrogens is 1. The molecule has 0 aliphatic carbocycles. The molecular formula is C15H12Cl2N2O3. The molecule has 5 nitrogen and oxygen atoms in total. The molecule has 7 heteroatoms. The highest BCUT2D eigenvalue weighted by Crippen LogP contribution is 2.40. The number of nitrogens with zero attached hydrogens (tertiary/aromatic N) is 1. The number of benzene rings is 2. The van der Waals surface area contributed by atoms with Gasteiger partial charge >= 0.3 is 0 Å². The Balaban J connectivity index is 2.18. The van der Waals surface area contributed by atoms with Crippen LogP contribution in [0.1, 0.15) is 0 Å². The number of aromatic hydroxyl groups is 1. The quantitative estimate of drug-likeness (QED) is 0.748. The van der Waals surface area contributed by atoms with E-state index in [0.717, 1.165) is 5.52 Å². The van der Waals surface area contributed by atoms with Crippen LogP contribution in [0.15, 0.2) is 24.3 Å². The van der Waals surface area contributed by atoms with Gasteiger partial charge in [-0.3, -0.25) is 0 Å². The number of methoxy groups -OCH3 is 2. The molecule has 0 radical (unpaired) electrons. The van der Waals surface area contributed by atoms with Crippen molar-refractivity contribution in [1.29, 1.82) is 0 Å². The number of aromatic amines is 1. The van der Waals surface area contributed by atoms with E-state index in [2.05, 4.69) is 9.97 Å². The van der Waals surface area contributed by atoms with Gasteiger partial charge in [0.05, 0.1) is 35.3 Å². The van der Waals surface area contributed by atoms with E-state index in [1.807, 2.05) is 0 Å². The third-order valence-corrected chi connectivity index (χ3v) is 4.00. The van der Waals surface area contributed by atoms with Crippen LogP contribution in [0.4, 0.5) is 0 Å². The Morgan fingerprint density at radius 1 is 1.00 bits per heavy atom. The molecule has 3 aromatic rings. The maximum absolute atomic E-state index is 9.96. The summed E-state index contributed by atoms with van der Waals surface area (Å²) < 4.78 is 10.3. The van der Waals surface area contributed by atoms with E-state index in [-0.39, 0.29) is 5.75 Å². The lowest BCUT2D eigenvalue weighted by molar-refractivity contribution is 0.340. The molecule has 0 atom stereocenters. The van der Waals surface area contributed by atoms with Gasteiger partial charge in [0.2, 0.25) is 5.75 Å². The van der Waals surface area contributed by atoms with Gasteiger partial charge in [0.15, 0.2) is 11.5 Å². The monoisotopic (exact) mass is 338 g/mol. The molecule has 0 spiro atoms. The second-order valence-electron chi connectivity index (χ2n) is 4.60. The summed E-state index contributed by atoms with van der Waals surface area (Å²) in [5.74, 6) is 1.12. The zero-order chi connectivity index (χ0) is 15.9. The molecule has 0 fully saturated rings. The van der Waals surface area contributed by atoms with E-state index < -0.39 is 0 Å². The molecule has 0 aliphatic rings. The van der Waals surface area contributed by atoms with Gasteiger partial charge in [-0.2, -0.15) is 0 Å². The largest absolute Gasteiger partial charge is 0.502 e. The fourth-order valence-corrected chi connectivity index (χ4v) is 2.49. The highest BCUT2D eigenvalue weighted by Gasteiger charge is 2.15. The maximum atomic E-state index is 9.96. The van der Waals surface area contributed by atoms with Crippen LogP contribution in [0.3, 0.4) is 0 Å². The Labute approximate surface area is 136 Å². The molecule has 0 amide bonds. The number of phenols is 1. The van der Waals surface area contributed by atoms with Crippen molar-refractivity contribution in [3.8, 4) is 28.6 Å². The Bertz CT molecular complexity index is 797. The van der Waals surface area contributed by atoms with Gasteiger partial charge in [-0.05, 0) is 24.3 Å². The lowest BCUT2D eigenvalue weighted by Crippen LogP contribution is -1.91. The predicted octanol–water partition coefficient (Wildman–Crippen LogP) is 4.26. The van der Waals surface area contributed by atoms with E-state index in [0.29, 0.717) is 38.4 Å². The first kappa shape index (κ1) is 14.8. The highest BCUT2D eigenvalue weighted by molar-refractivity contribution is 6.42. The molecule has 114 valence electrons. The number of halogens is 2. The molecule has 0 aliphatic heterocycles. The summed E-state index contributed by atoms with van der Waals surface area (Å²) in [6, 6.07) is 6.73. The van der Waals surface area contributed by atoms with E-state index in [9.17, 15) is 5.11 Å². The third-order valence-electron chi connectivity index (χ3n) is 3.28. The van der Waals surface area contributed by atoms with Crippen LogP contribution in [0.5, 0.6) is 17.2 Å². The van der Waals surface area contributed by atoms with Crippen molar-refractivity contribution in [2.45, 2.75) is 0 Å². The van der Waals surface area contributed by atoms with Crippen molar-refractivity contribution in [3.05, 3.63) is 34.3 Å². The van der Waals surface area contributed by atoms with Crippen LogP contribution < -0.4 is 9.47 Å². The molecule has 1 heterocycles. The van der Waals surface area contributed by atoms with Gasteiger partial charge in [-0.1, -0.05) is 23.2 Å². The van der Waals surface area contributed by atoms with Gasteiger partial charge in [0.25, 0.3) is 0 Å². The maximum Gasteiger partial charge on any atom is 0.200 e. The molecule has 0 saturated heterocycles. The van der Waals surface area contributed by atoms with Crippen LogP contribution in [0.2, 0.25) is 10.0 Å². The van der Waals surface area contributed by atoms with E-state index in [4.69, 9.17) is 32.7 Å². The summed E-state index contributed by atoms with van der Waals surface area (Å²) in [7, 11) is 2.94. The van der Waals surface area contributed by atoms with Gasteiger partial charge < -0.3 is 19.6 Å². The first-order valence-corrected chi connectivity index (χ1v) is 7.09. The van der Waals surface area contributed by atoms with E-state index >= 15 is 0 Å². The topological polar surface area (TPSA) is 67.4 Å². The minimum Gasteiger partial charge on any atom is -0.502 e. The molecule has 0 bridgehead atoms. The SMILES string of the molecule is COc1cc(-c2nc3cc(Cl)c(Cl)cc3[nH]2)cc(OC)c1O. The average Bonchev–Trinajstić information content (AvgIpc) is 2.90. The Hall–Kier alpha value is -2.11. The molecule has 0 saturated carbocycles. The smallest absolute Gasteiger partial charge is 0.200 e. The molecular weight excluding hydrogens is 327 g/mol. The first-order chi connectivity index (χ1) is 10.5. The van der Waals surface area contributed by atoms with Crippen molar-refractivity contribution in [2.75, 3.05) is 14.2 Å². The van der Waals surface area contributed by atoms with Crippen molar-refractivity contribution < 1.29 is 14.6 Å². The second kappa shape index (κ2) is 5.59. The number of aromatic nitrogens is 2. The minimum absolute atomic E-state index is 0.0593. The normalized spacial score (nSPS) is 10.9. The van der Waals surface area contributed by atoms with E-state index in [1.165, 1.54) is 14.2 Å². The number of phenolic OH excluding ortho intramolecular Hbond substituents is 1. The first-order valence-electron chi connectivity index (χ1n) is 6.33.